The van der Waals surface area contributed by atoms with Gasteiger partial charge in [0.15, 0.2) is 11.2 Å². The Morgan fingerprint density at radius 1 is 1.35 bits per heavy atom. The lowest BCUT2D eigenvalue weighted by Crippen LogP contribution is -2.23. The van der Waals surface area contributed by atoms with Gasteiger partial charge in [-0.05, 0) is 37.6 Å². The Morgan fingerprint density at radius 3 is 2.77 bits per heavy atom. The number of fused-ring (bicyclic) bond motifs is 1. The van der Waals surface area contributed by atoms with Crippen molar-refractivity contribution < 1.29 is 22.9 Å². The molecule has 4 unspecified atom stereocenters. The van der Waals surface area contributed by atoms with Gasteiger partial charge >= 0.3 is 7.82 Å². The molecule has 1 fully saturated rings. The highest BCUT2D eigenvalue weighted by Crippen LogP contribution is 2.52. The lowest BCUT2D eigenvalue weighted by molar-refractivity contribution is -0.0185. The number of phosphoric ester groups is 1. The van der Waals surface area contributed by atoms with Crippen LogP contribution in [0.3, 0.4) is 0 Å². The largest absolute Gasteiger partial charge is 0.530 e. The number of hydrogen-bond donors (Lipinski definition) is 1. The number of nitrogens with zero attached hydrogens (tertiary/aromatic N) is 3. The number of aromatic nitrogens is 4. The Hall–Kier alpha value is -2.23. The molecule has 0 radical (unpaired) electrons. The Balaban J connectivity index is 1.56. The number of phosphoric acid groups is 1. The average Bonchev–Trinajstić information content (AvgIpc) is 3.33. The molecule has 1 saturated heterocycles. The van der Waals surface area contributed by atoms with Crippen molar-refractivity contribution in [3.63, 3.8) is 0 Å². The van der Waals surface area contributed by atoms with Crippen molar-refractivity contribution in [2.24, 2.45) is 0 Å². The zero-order chi connectivity index (χ0) is 22.2. The highest BCUT2D eigenvalue weighted by molar-refractivity contribution is 7.48. The molecule has 3 aromatic rings. The molecule has 3 heterocycles. The maximum Gasteiger partial charge on any atom is 0.530 e. The summed E-state index contributed by atoms with van der Waals surface area (Å²) >= 11 is 5.88. The molecule has 31 heavy (non-hydrogen) atoms. The van der Waals surface area contributed by atoms with Gasteiger partial charge in [0, 0.05) is 18.6 Å². The van der Waals surface area contributed by atoms with Crippen molar-refractivity contribution in [2.75, 3.05) is 7.11 Å². The number of ether oxygens (including phenoxy) is 1. The number of halogens is 1. The molecule has 0 saturated carbocycles. The Labute approximate surface area is 183 Å². The molecule has 0 amide bonds. The number of rotatable bonds is 7. The second-order valence-electron chi connectivity index (χ2n) is 7.07. The third-order valence-electron chi connectivity index (χ3n) is 4.96. The molecular formula is C19H22ClN4O6P. The molecule has 4 atom stereocenters. The minimum absolute atomic E-state index is 0.222. The second-order valence-corrected chi connectivity index (χ2v) is 9.16. The number of nitrogens with one attached hydrogen (secondary N) is 1. The molecule has 10 nitrogen and oxygen atoms in total. The fourth-order valence-corrected chi connectivity index (χ4v) is 4.75. The van der Waals surface area contributed by atoms with Gasteiger partial charge < -0.3 is 14.2 Å². The smallest absolute Gasteiger partial charge is 0.404 e. The zero-order valence-corrected chi connectivity index (χ0v) is 18.8. The van der Waals surface area contributed by atoms with Gasteiger partial charge in [-0.15, -0.1) is 0 Å². The standard InChI is InChI=1S/C19H22ClN4O6P/c1-4-14-15(30-31(26,27-3)29-13-7-5-12(20)6-8-13)9-16(28-14)24-10-21-17-18(24)22-11(2)23-19(17)25/h5-8,10,14-16H,4,9H2,1-3H3,(H,22,23,25). The van der Waals surface area contributed by atoms with Gasteiger partial charge in [0.05, 0.1) is 12.4 Å². The van der Waals surface area contributed by atoms with Crippen molar-refractivity contribution in [1.82, 2.24) is 19.5 Å². The summed E-state index contributed by atoms with van der Waals surface area (Å²) in [6.45, 7) is 3.62. The molecule has 0 aliphatic carbocycles. The van der Waals surface area contributed by atoms with Crippen molar-refractivity contribution >= 4 is 30.6 Å². The first-order valence-corrected chi connectivity index (χ1v) is 11.5. The van der Waals surface area contributed by atoms with Crippen LogP contribution in [0.1, 0.15) is 31.8 Å². The Morgan fingerprint density at radius 2 is 2.10 bits per heavy atom. The summed E-state index contributed by atoms with van der Waals surface area (Å²) < 4.78 is 37.3. The SMILES string of the molecule is CCC1OC(n2cnc3c(=O)[nH]c(C)nc32)CC1OP(=O)(OC)Oc1ccc(Cl)cc1. The maximum atomic E-state index is 13.1. The zero-order valence-electron chi connectivity index (χ0n) is 17.1. The average molecular weight is 469 g/mol. The van der Waals surface area contributed by atoms with Gasteiger partial charge in [-0.2, -0.15) is 0 Å². The Bertz CT molecular complexity index is 1180. The van der Waals surface area contributed by atoms with E-state index in [0.29, 0.717) is 35.1 Å². The van der Waals surface area contributed by atoms with Crippen molar-refractivity contribution in [2.45, 2.75) is 45.1 Å². The summed E-state index contributed by atoms with van der Waals surface area (Å²) in [4.78, 5) is 23.3. The van der Waals surface area contributed by atoms with Gasteiger partial charge in [0.1, 0.15) is 23.9 Å². The van der Waals surface area contributed by atoms with Gasteiger partial charge in [0.25, 0.3) is 5.56 Å². The summed E-state index contributed by atoms with van der Waals surface area (Å²) in [6, 6.07) is 6.38. The van der Waals surface area contributed by atoms with Gasteiger partial charge in [0.2, 0.25) is 0 Å². The van der Waals surface area contributed by atoms with E-state index >= 15 is 0 Å². The second kappa shape index (κ2) is 8.72. The number of imidazole rings is 1. The molecule has 1 aliphatic rings. The molecule has 0 spiro atoms. The van der Waals surface area contributed by atoms with E-state index in [4.69, 9.17) is 29.9 Å². The van der Waals surface area contributed by atoms with Crippen LogP contribution in [0.5, 0.6) is 5.75 Å². The first kappa shape index (κ1) is 22.0. The quantitative estimate of drug-likeness (QED) is 0.517. The topological polar surface area (TPSA) is 118 Å². The monoisotopic (exact) mass is 468 g/mol. The van der Waals surface area contributed by atoms with Crippen molar-refractivity contribution in [1.29, 1.82) is 0 Å². The summed E-state index contributed by atoms with van der Waals surface area (Å²) in [5.41, 5.74) is 0.314. The van der Waals surface area contributed by atoms with Crippen LogP contribution < -0.4 is 10.1 Å². The number of aryl methyl sites for hydroxylation is 1. The van der Waals surface area contributed by atoms with Crippen LogP contribution in [0.25, 0.3) is 11.2 Å². The fraction of sp³-hybridized carbons (Fsp3) is 0.421. The first-order chi connectivity index (χ1) is 14.8. The molecule has 4 rings (SSSR count). The van der Waals surface area contributed by atoms with Crippen LogP contribution in [-0.2, 0) is 18.3 Å². The summed E-state index contributed by atoms with van der Waals surface area (Å²) in [6.07, 6.45) is 0.998. The van der Waals surface area contributed by atoms with E-state index in [1.807, 2.05) is 6.92 Å². The van der Waals surface area contributed by atoms with Crippen LogP contribution in [0.4, 0.5) is 0 Å². The van der Waals surface area contributed by atoms with Crippen LogP contribution in [-0.4, -0.2) is 38.8 Å². The number of aromatic amines is 1. The summed E-state index contributed by atoms with van der Waals surface area (Å²) in [5.74, 6) is 0.773. The van der Waals surface area contributed by atoms with Crippen LogP contribution in [0.15, 0.2) is 35.4 Å². The lowest BCUT2D eigenvalue weighted by Gasteiger charge is -2.22. The summed E-state index contributed by atoms with van der Waals surface area (Å²) in [5, 5.41) is 0.522. The van der Waals surface area contributed by atoms with E-state index in [1.54, 1.807) is 35.8 Å². The molecule has 12 heteroatoms. The van der Waals surface area contributed by atoms with E-state index in [1.165, 1.54) is 13.4 Å². The molecule has 2 aromatic heterocycles. The lowest BCUT2D eigenvalue weighted by atomic mass is 10.1. The van der Waals surface area contributed by atoms with E-state index in [0.717, 1.165) is 0 Å². The van der Waals surface area contributed by atoms with Crippen molar-refractivity contribution in [3.8, 4) is 5.75 Å². The normalized spacial score (nSPS) is 23.2. The maximum absolute atomic E-state index is 13.1. The van der Waals surface area contributed by atoms with E-state index < -0.39 is 20.2 Å². The highest BCUT2D eigenvalue weighted by atomic mass is 35.5. The molecule has 1 aliphatic heterocycles. The molecule has 1 N–H and O–H groups in total. The number of H-pyrrole nitrogens is 1. The predicted octanol–water partition coefficient (Wildman–Crippen LogP) is 4.00. The van der Waals surface area contributed by atoms with Crippen LogP contribution in [0, 0.1) is 6.92 Å². The van der Waals surface area contributed by atoms with E-state index in [-0.39, 0.29) is 17.2 Å². The van der Waals surface area contributed by atoms with E-state index in [2.05, 4.69) is 15.0 Å². The van der Waals surface area contributed by atoms with Crippen molar-refractivity contribution in [3.05, 3.63) is 51.8 Å². The minimum Gasteiger partial charge on any atom is -0.404 e. The minimum atomic E-state index is -3.92. The molecule has 1 aromatic carbocycles. The molecular weight excluding hydrogens is 447 g/mol. The van der Waals surface area contributed by atoms with Gasteiger partial charge in [-0.3, -0.25) is 18.4 Å². The predicted molar refractivity (Wildman–Crippen MR) is 113 cm³/mol. The first-order valence-electron chi connectivity index (χ1n) is 9.70. The number of benzene rings is 1. The van der Waals surface area contributed by atoms with Gasteiger partial charge in [-0.25, -0.2) is 14.5 Å². The fourth-order valence-electron chi connectivity index (χ4n) is 3.48. The molecule has 0 bridgehead atoms. The van der Waals surface area contributed by atoms with E-state index in [9.17, 15) is 9.36 Å². The van der Waals surface area contributed by atoms with Gasteiger partial charge in [-0.1, -0.05) is 18.5 Å². The summed E-state index contributed by atoms with van der Waals surface area (Å²) in [7, 11) is -2.67. The van der Waals surface area contributed by atoms with Crippen LogP contribution >= 0.6 is 19.4 Å². The Kier molecular flexibility index (Phi) is 6.18. The highest BCUT2D eigenvalue weighted by Gasteiger charge is 2.42. The number of hydrogen-bond acceptors (Lipinski definition) is 8. The third-order valence-corrected chi connectivity index (χ3v) is 6.63. The molecule has 166 valence electrons. The van der Waals surface area contributed by atoms with Crippen LogP contribution in [0.2, 0.25) is 5.02 Å². The third kappa shape index (κ3) is 4.53.